The van der Waals surface area contributed by atoms with Gasteiger partial charge in [0, 0.05) is 21.5 Å². The average molecular weight is 383 g/mol. The highest BCUT2D eigenvalue weighted by Gasteiger charge is 2.10. The Hall–Kier alpha value is -2.80. The van der Waals surface area contributed by atoms with Crippen molar-refractivity contribution in [2.24, 2.45) is 0 Å². The first kappa shape index (κ1) is 14.8. The molecule has 24 heavy (non-hydrogen) atoms. The second-order valence-corrected chi connectivity index (χ2v) is 6.16. The van der Waals surface area contributed by atoms with Crippen LogP contribution < -0.4 is 5.63 Å². The van der Waals surface area contributed by atoms with Gasteiger partial charge in [0.2, 0.25) is 5.82 Å². The number of hydrogen-bond donors (Lipinski definition) is 0. The number of fused-ring (bicyclic) bond motifs is 1. The van der Waals surface area contributed by atoms with E-state index in [0.29, 0.717) is 18.0 Å². The van der Waals surface area contributed by atoms with Gasteiger partial charge in [-0.1, -0.05) is 46.3 Å². The summed E-state index contributed by atoms with van der Waals surface area (Å²) in [6.45, 7) is 0.337. The second kappa shape index (κ2) is 6.01. The highest BCUT2D eigenvalue weighted by Crippen LogP contribution is 2.22. The maximum Gasteiger partial charge on any atom is 0.336 e. The Bertz CT molecular complexity index is 1070. The lowest BCUT2D eigenvalue weighted by Gasteiger charge is -2.04. The lowest BCUT2D eigenvalue weighted by Crippen LogP contribution is -2.08. The molecular weight excluding hydrogens is 372 g/mol. The van der Waals surface area contributed by atoms with Gasteiger partial charge in [-0.2, -0.15) is 4.80 Å². The van der Waals surface area contributed by atoms with Crippen molar-refractivity contribution < 1.29 is 4.42 Å². The van der Waals surface area contributed by atoms with Crippen molar-refractivity contribution in [3.05, 3.63) is 75.1 Å². The lowest BCUT2D eigenvalue weighted by atomic mass is 10.1. The molecule has 4 aromatic rings. The van der Waals surface area contributed by atoms with E-state index >= 15 is 0 Å². The summed E-state index contributed by atoms with van der Waals surface area (Å²) in [7, 11) is 0. The van der Waals surface area contributed by atoms with E-state index < -0.39 is 5.63 Å². The Morgan fingerprint density at radius 1 is 1.08 bits per heavy atom. The predicted molar refractivity (Wildman–Crippen MR) is 92.5 cm³/mol. The number of rotatable bonds is 3. The molecule has 0 atom stereocenters. The van der Waals surface area contributed by atoms with E-state index in [1.165, 1.54) is 10.9 Å². The summed E-state index contributed by atoms with van der Waals surface area (Å²) in [5, 5.41) is 13.4. The van der Waals surface area contributed by atoms with Gasteiger partial charge in [0.15, 0.2) is 0 Å². The molecule has 7 heteroatoms. The van der Waals surface area contributed by atoms with Gasteiger partial charge in [-0.15, -0.1) is 10.2 Å². The zero-order chi connectivity index (χ0) is 16.5. The minimum Gasteiger partial charge on any atom is -0.423 e. The third-order valence-corrected chi connectivity index (χ3v) is 4.08. The summed E-state index contributed by atoms with van der Waals surface area (Å²) in [6.07, 6.45) is 0. The first-order valence-electron chi connectivity index (χ1n) is 7.24. The minimum atomic E-state index is -0.404. The highest BCUT2D eigenvalue weighted by atomic mass is 79.9. The molecule has 0 saturated carbocycles. The Morgan fingerprint density at radius 2 is 1.92 bits per heavy atom. The van der Waals surface area contributed by atoms with Crippen molar-refractivity contribution in [1.82, 2.24) is 20.2 Å². The zero-order valence-corrected chi connectivity index (χ0v) is 14.0. The fraction of sp³-hybridized carbons (Fsp3) is 0.0588. The van der Waals surface area contributed by atoms with Crippen LogP contribution in [0.5, 0.6) is 0 Å². The average Bonchev–Trinajstić information content (AvgIpc) is 3.03. The summed E-state index contributed by atoms with van der Waals surface area (Å²) in [6, 6.07) is 16.6. The van der Waals surface area contributed by atoms with Crippen LogP contribution in [0.25, 0.3) is 22.4 Å². The molecule has 0 unspecified atom stereocenters. The molecule has 0 amide bonds. The monoisotopic (exact) mass is 382 g/mol. The lowest BCUT2D eigenvalue weighted by molar-refractivity contribution is 0.545. The van der Waals surface area contributed by atoms with Crippen molar-refractivity contribution in [2.45, 2.75) is 6.54 Å². The van der Waals surface area contributed by atoms with Crippen LogP contribution in [0.1, 0.15) is 5.56 Å². The summed E-state index contributed by atoms with van der Waals surface area (Å²) < 4.78 is 6.09. The smallest absolute Gasteiger partial charge is 0.336 e. The molecule has 0 bridgehead atoms. The molecule has 0 aliphatic carbocycles. The van der Waals surface area contributed by atoms with Gasteiger partial charge < -0.3 is 4.42 Å². The van der Waals surface area contributed by atoms with E-state index in [1.54, 1.807) is 6.07 Å². The maximum atomic E-state index is 11.8. The van der Waals surface area contributed by atoms with Crippen LogP contribution in [0.4, 0.5) is 0 Å². The van der Waals surface area contributed by atoms with E-state index in [2.05, 4.69) is 31.3 Å². The first-order valence-corrected chi connectivity index (χ1v) is 8.04. The topological polar surface area (TPSA) is 73.8 Å². The summed E-state index contributed by atoms with van der Waals surface area (Å²) in [5.41, 5.74) is 1.80. The van der Waals surface area contributed by atoms with Crippen LogP contribution in [0.15, 0.2) is 68.3 Å². The Labute approximate surface area is 144 Å². The predicted octanol–water partition coefficient (Wildman–Crippen LogP) is 3.26. The molecule has 0 saturated heterocycles. The van der Waals surface area contributed by atoms with Gasteiger partial charge in [-0.3, -0.25) is 0 Å². The van der Waals surface area contributed by atoms with Crippen LogP contribution in [0.3, 0.4) is 0 Å². The highest BCUT2D eigenvalue weighted by molar-refractivity contribution is 9.10. The molecule has 0 radical (unpaired) electrons. The molecule has 2 aromatic carbocycles. The van der Waals surface area contributed by atoms with Crippen molar-refractivity contribution >= 4 is 26.9 Å². The Balaban J connectivity index is 1.73. The summed E-state index contributed by atoms with van der Waals surface area (Å²) in [4.78, 5) is 13.3. The van der Waals surface area contributed by atoms with Crippen LogP contribution >= 0.6 is 15.9 Å². The quantitative estimate of drug-likeness (QED) is 0.508. The van der Waals surface area contributed by atoms with E-state index in [9.17, 15) is 4.79 Å². The Morgan fingerprint density at radius 3 is 2.75 bits per heavy atom. The van der Waals surface area contributed by atoms with Gasteiger partial charge in [0.05, 0.1) is 6.54 Å². The van der Waals surface area contributed by atoms with Crippen LogP contribution in [0, 0.1) is 0 Å². The van der Waals surface area contributed by atoms with Gasteiger partial charge in [0.1, 0.15) is 5.58 Å². The van der Waals surface area contributed by atoms with Gasteiger partial charge in [0.25, 0.3) is 0 Å². The van der Waals surface area contributed by atoms with Crippen LogP contribution in [-0.2, 0) is 6.54 Å². The third kappa shape index (κ3) is 2.85. The second-order valence-electron chi connectivity index (χ2n) is 5.24. The van der Waals surface area contributed by atoms with Gasteiger partial charge in [-0.05, 0) is 29.0 Å². The van der Waals surface area contributed by atoms with Gasteiger partial charge in [-0.25, -0.2) is 4.79 Å². The molecule has 6 nitrogen and oxygen atoms in total. The standard InChI is InChI=1S/C17H11BrN4O2/c18-13-6-7-14-12(8-16(23)24-15(14)9-13)10-22-20-17(19-21-22)11-4-2-1-3-5-11/h1-9H,10H2. The van der Waals surface area contributed by atoms with Crippen molar-refractivity contribution in [3.63, 3.8) is 0 Å². The number of tetrazole rings is 1. The molecule has 2 aromatic heterocycles. The first-order chi connectivity index (χ1) is 11.7. The molecular formula is C17H11BrN4O2. The number of aromatic nitrogens is 4. The fourth-order valence-corrected chi connectivity index (χ4v) is 2.84. The molecule has 118 valence electrons. The van der Waals surface area contributed by atoms with E-state index in [-0.39, 0.29) is 0 Å². The number of halogens is 1. The van der Waals surface area contributed by atoms with E-state index in [4.69, 9.17) is 4.42 Å². The molecule has 0 N–H and O–H groups in total. The molecule has 0 fully saturated rings. The summed E-state index contributed by atoms with van der Waals surface area (Å²) in [5.74, 6) is 0.547. The normalized spacial score (nSPS) is 11.0. The molecule has 0 aliphatic heterocycles. The third-order valence-electron chi connectivity index (χ3n) is 3.59. The van der Waals surface area contributed by atoms with Crippen LogP contribution in [0.2, 0.25) is 0 Å². The van der Waals surface area contributed by atoms with Gasteiger partial charge >= 0.3 is 5.63 Å². The number of nitrogens with zero attached hydrogens (tertiary/aromatic N) is 4. The molecule has 4 rings (SSSR count). The SMILES string of the molecule is O=c1cc(Cn2nnc(-c3ccccc3)n2)c2ccc(Br)cc2o1. The summed E-state index contributed by atoms with van der Waals surface area (Å²) >= 11 is 3.38. The fourth-order valence-electron chi connectivity index (χ4n) is 2.50. The number of benzene rings is 2. The van der Waals surface area contributed by atoms with Crippen molar-refractivity contribution in [1.29, 1.82) is 0 Å². The van der Waals surface area contributed by atoms with Crippen molar-refractivity contribution in [2.75, 3.05) is 0 Å². The molecule has 2 heterocycles. The molecule has 0 aliphatic rings. The zero-order valence-electron chi connectivity index (χ0n) is 12.4. The molecule has 0 spiro atoms. The van der Waals surface area contributed by atoms with Crippen molar-refractivity contribution in [3.8, 4) is 11.4 Å². The number of hydrogen-bond acceptors (Lipinski definition) is 5. The van der Waals surface area contributed by atoms with E-state index in [1.807, 2.05) is 42.5 Å². The largest absolute Gasteiger partial charge is 0.423 e. The Kier molecular flexibility index (Phi) is 3.70. The van der Waals surface area contributed by atoms with Crippen LogP contribution in [-0.4, -0.2) is 20.2 Å². The minimum absolute atomic E-state index is 0.337. The maximum absolute atomic E-state index is 11.8. The van der Waals surface area contributed by atoms with E-state index in [0.717, 1.165) is 21.0 Å².